The van der Waals surface area contributed by atoms with E-state index in [2.05, 4.69) is 28.1 Å². The summed E-state index contributed by atoms with van der Waals surface area (Å²) < 4.78 is 6.37. The van der Waals surface area contributed by atoms with E-state index in [4.69, 9.17) is 10.5 Å². The Hall–Kier alpha value is -1.17. The molecule has 0 bridgehead atoms. The molecule has 0 atom stereocenters. The summed E-state index contributed by atoms with van der Waals surface area (Å²) in [6.45, 7) is 2.79. The van der Waals surface area contributed by atoms with E-state index in [9.17, 15) is 0 Å². The minimum Gasteiger partial charge on any atom is -0.383 e. The van der Waals surface area contributed by atoms with Gasteiger partial charge in [0.2, 0.25) is 0 Å². The smallest absolute Gasteiger partial charge is 0.181 e. The highest BCUT2D eigenvalue weighted by Gasteiger charge is 2.28. The number of nitrogens with two attached hydrogens (primary N) is 1. The van der Waals surface area contributed by atoms with Crippen molar-refractivity contribution in [3.63, 3.8) is 0 Å². The van der Waals surface area contributed by atoms with Crippen molar-refractivity contribution in [2.75, 3.05) is 26.0 Å². The number of nitrogen functional groups attached to an aromatic ring is 1. The summed E-state index contributed by atoms with van der Waals surface area (Å²) in [6, 6.07) is 7.19. The molecule has 0 unspecified atom stereocenters. The third-order valence-corrected chi connectivity index (χ3v) is 4.35. The molecule has 0 radical (unpaired) electrons. The van der Waals surface area contributed by atoms with Crippen LogP contribution >= 0.6 is 11.3 Å². The molecule has 1 aliphatic carbocycles. The molecule has 5 heteroatoms. The number of hydrogen-bond donors (Lipinski definition) is 1. The van der Waals surface area contributed by atoms with Gasteiger partial charge in [-0.2, -0.15) is 0 Å². The average Bonchev–Trinajstić information content (AvgIpc) is 3.16. The van der Waals surface area contributed by atoms with Crippen LogP contribution in [0.25, 0.3) is 10.2 Å². The van der Waals surface area contributed by atoms with Gasteiger partial charge in [0.05, 0.1) is 16.8 Å². The molecule has 102 valence electrons. The van der Waals surface area contributed by atoms with Crippen molar-refractivity contribution in [2.45, 2.75) is 25.4 Å². The molecule has 1 aromatic heterocycles. The van der Waals surface area contributed by atoms with Crippen molar-refractivity contribution in [1.29, 1.82) is 0 Å². The minimum absolute atomic E-state index is 0.644. The number of thiazole rings is 1. The van der Waals surface area contributed by atoms with Gasteiger partial charge in [-0.1, -0.05) is 17.4 Å². The molecule has 19 heavy (non-hydrogen) atoms. The Kier molecular flexibility index (Phi) is 3.68. The molecule has 1 aromatic carbocycles. The van der Waals surface area contributed by atoms with Crippen molar-refractivity contribution in [3.05, 3.63) is 23.8 Å². The van der Waals surface area contributed by atoms with Crippen LogP contribution in [0.5, 0.6) is 0 Å². The van der Waals surface area contributed by atoms with Gasteiger partial charge in [-0.15, -0.1) is 0 Å². The molecular weight excluding hydrogens is 258 g/mol. The summed E-state index contributed by atoms with van der Waals surface area (Å²) in [7, 11) is 1.76. The average molecular weight is 277 g/mol. The second kappa shape index (κ2) is 5.45. The number of anilines is 1. The van der Waals surface area contributed by atoms with Crippen LogP contribution in [0.1, 0.15) is 18.4 Å². The van der Waals surface area contributed by atoms with Gasteiger partial charge in [0.1, 0.15) is 0 Å². The van der Waals surface area contributed by atoms with Gasteiger partial charge < -0.3 is 10.5 Å². The van der Waals surface area contributed by atoms with Crippen LogP contribution in [0.3, 0.4) is 0 Å². The summed E-state index contributed by atoms with van der Waals surface area (Å²) in [5, 5.41) is 0.644. The number of hydrogen-bond acceptors (Lipinski definition) is 5. The molecule has 2 aromatic rings. The normalized spacial score (nSPS) is 15.5. The van der Waals surface area contributed by atoms with E-state index in [1.54, 1.807) is 18.4 Å². The van der Waals surface area contributed by atoms with E-state index < -0.39 is 0 Å². The number of ether oxygens (including phenoxy) is 1. The quantitative estimate of drug-likeness (QED) is 0.881. The molecule has 2 N–H and O–H groups in total. The van der Waals surface area contributed by atoms with E-state index in [1.807, 2.05) is 0 Å². The largest absolute Gasteiger partial charge is 0.383 e. The third kappa shape index (κ3) is 3.05. The van der Waals surface area contributed by atoms with Crippen molar-refractivity contribution in [3.8, 4) is 0 Å². The zero-order valence-electron chi connectivity index (χ0n) is 11.1. The molecule has 3 rings (SSSR count). The van der Waals surface area contributed by atoms with E-state index in [-0.39, 0.29) is 0 Å². The van der Waals surface area contributed by atoms with Crippen LogP contribution in [0, 0.1) is 0 Å². The number of nitrogens with zero attached hydrogens (tertiary/aromatic N) is 2. The number of fused-ring (bicyclic) bond motifs is 1. The lowest BCUT2D eigenvalue weighted by atomic mass is 10.2. The molecule has 1 fully saturated rings. The van der Waals surface area contributed by atoms with Crippen LogP contribution in [0.2, 0.25) is 0 Å². The fourth-order valence-corrected chi connectivity index (χ4v) is 3.16. The molecule has 0 spiro atoms. The van der Waals surface area contributed by atoms with E-state index in [1.165, 1.54) is 23.1 Å². The maximum atomic E-state index is 5.75. The molecule has 0 saturated heterocycles. The lowest BCUT2D eigenvalue weighted by Gasteiger charge is -2.21. The second-order valence-corrected chi connectivity index (χ2v) is 6.11. The van der Waals surface area contributed by atoms with Gasteiger partial charge in [-0.05, 0) is 30.5 Å². The van der Waals surface area contributed by atoms with E-state index in [0.29, 0.717) is 5.13 Å². The summed E-state index contributed by atoms with van der Waals surface area (Å²) in [4.78, 5) is 6.80. The van der Waals surface area contributed by atoms with E-state index >= 15 is 0 Å². The molecule has 1 heterocycles. The van der Waals surface area contributed by atoms with Gasteiger partial charge in [0.25, 0.3) is 0 Å². The predicted molar refractivity (Wildman–Crippen MR) is 79.3 cm³/mol. The van der Waals surface area contributed by atoms with Gasteiger partial charge in [0.15, 0.2) is 5.13 Å². The standard InChI is InChI=1S/C14H19N3OS/c1-18-7-6-17(11-3-4-11)9-10-2-5-12-13(8-10)19-14(15)16-12/h2,5,8,11H,3-4,6-7,9H2,1H3,(H2,15,16). The summed E-state index contributed by atoms with van der Waals surface area (Å²) in [5.74, 6) is 0. The highest BCUT2D eigenvalue weighted by atomic mass is 32.1. The number of benzene rings is 1. The molecule has 0 aliphatic heterocycles. The number of aromatic nitrogens is 1. The van der Waals surface area contributed by atoms with Crippen molar-refractivity contribution >= 4 is 26.7 Å². The first-order chi connectivity index (χ1) is 9.26. The number of methoxy groups -OCH3 is 1. The first-order valence-electron chi connectivity index (χ1n) is 6.64. The Morgan fingerprint density at radius 2 is 2.32 bits per heavy atom. The van der Waals surface area contributed by atoms with Crippen LogP contribution < -0.4 is 5.73 Å². The SMILES string of the molecule is COCCN(Cc1ccc2nc(N)sc2c1)C1CC1. The van der Waals surface area contributed by atoms with Crippen molar-refractivity contribution in [1.82, 2.24) is 9.88 Å². The van der Waals surface area contributed by atoms with Gasteiger partial charge >= 0.3 is 0 Å². The summed E-state index contributed by atoms with van der Waals surface area (Å²) >= 11 is 1.56. The molecule has 4 nitrogen and oxygen atoms in total. The Morgan fingerprint density at radius 1 is 1.47 bits per heavy atom. The maximum absolute atomic E-state index is 5.75. The van der Waals surface area contributed by atoms with Crippen molar-refractivity contribution < 1.29 is 4.74 Å². The second-order valence-electron chi connectivity index (χ2n) is 5.05. The van der Waals surface area contributed by atoms with Crippen LogP contribution in [-0.4, -0.2) is 36.2 Å². The highest BCUT2D eigenvalue weighted by Crippen LogP contribution is 2.29. The Morgan fingerprint density at radius 3 is 3.05 bits per heavy atom. The van der Waals surface area contributed by atoms with Crippen LogP contribution in [0.4, 0.5) is 5.13 Å². The lowest BCUT2D eigenvalue weighted by Crippen LogP contribution is -2.29. The zero-order chi connectivity index (χ0) is 13.2. The number of rotatable bonds is 6. The first kappa shape index (κ1) is 12.8. The fraction of sp³-hybridized carbons (Fsp3) is 0.500. The molecular formula is C14H19N3OS. The third-order valence-electron chi connectivity index (χ3n) is 3.50. The minimum atomic E-state index is 0.644. The predicted octanol–water partition coefficient (Wildman–Crippen LogP) is 2.49. The van der Waals surface area contributed by atoms with Crippen LogP contribution in [-0.2, 0) is 11.3 Å². The Labute approximate surface area is 117 Å². The first-order valence-corrected chi connectivity index (χ1v) is 7.46. The Bertz CT molecular complexity index is 565. The van der Waals surface area contributed by atoms with Crippen molar-refractivity contribution in [2.24, 2.45) is 0 Å². The van der Waals surface area contributed by atoms with Gasteiger partial charge in [-0.25, -0.2) is 4.98 Å². The highest BCUT2D eigenvalue weighted by molar-refractivity contribution is 7.22. The fourth-order valence-electron chi connectivity index (χ4n) is 2.36. The molecule has 1 aliphatic rings. The maximum Gasteiger partial charge on any atom is 0.181 e. The monoisotopic (exact) mass is 277 g/mol. The van der Waals surface area contributed by atoms with Crippen LogP contribution in [0.15, 0.2) is 18.2 Å². The topological polar surface area (TPSA) is 51.4 Å². The zero-order valence-corrected chi connectivity index (χ0v) is 11.9. The lowest BCUT2D eigenvalue weighted by molar-refractivity contribution is 0.139. The van der Waals surface area contributed by atoms with Gasteiger partial charge in [0, 0.05) is 26.2 Å². The Balaban J connectivity index is 1.74. The molecule has 1 saturated carbocycles. The van der Waals surface area contributed by atoms with Gasteiger partial charge in [-0.3, -0.25) is 4.90 Å². The summed E-state index contributed by atoms with van der Waals surface area (Å²) in [5.41, 5.74) is 8.08. The summed E-state index contributed by atoms with van der Waals surface area (Å²) in [6.07, 6.45) is 2.64. The van der Waals surface area contributed by atoms with E-state index in [0.717, 1.165) is 31.3 Å². The molecule has 0 amide bonds.